The van der Waals surface area contributed by atoms with Crippen LogP contribution in [0.3, 0.4) is 0 Å². The quantitative estimate of drug-likeness (QED) is 0.580. The Bertz CT molecular complexity index is 737. The summed E-state index contributed by atoms with van der Waals surface area (Å²) in [6.07, 6.45) is 0.715. The molecule has 2 rings (SSSR count). The van der Waals surface area contributed by atoms with Gasteiger partial charge in [-0.05, 0) is 30.3 Å². The van der Waals surface area contributed by atoms with Gasteiger partial charge in [-0.2, -0.15) is 8.42 Å². The molecule has 0 aliphatic heterocycles. The van der Waals surface area contributed by atoms with E-state index in [1.807, 2.05) is 30.3 Å². The first-order valence-electron chi connectivity index (χ1n) is 5.95. The highest BCUT2D eigenvalue weighted by Gasteiger charge is 2.11. The molecule has 0 unspecified atom stereocenters. The molecule has 0 aromatic heterocycles. The van der Waals surface area contributed by atoms with Crippen molar-refractivity contribution in [3.05, 3.63) is 54.1 Å². The summed E-state index contributed by atoms with van der Waals surface area (Å²) in [6.45, 7) is 0. The van der Waals surface area contributed by atoms with Crippen LogP contribution in [0.2, 0.25) is 0 Å². The average molecular weight is 341 g/mol. The van der Waals surface area contributed by atoms with Crippen molar-refractivity contribution in [2.45, 2.75) is 9.79 Å². The van der Waals surface area contributed by atoms with Crippen molar-refractivity contribution in [2.75, 3.05) is 12.0 Å². The molecule has 2 aromatic rings. The predicted molar refractivity (Wildman–Crippen MR) is 85.9 cm³/mol. The van der Waals surface area contributed by atoms with Crippen molar-refractivity contribution in [2.24, 2.45) is 0 Å². The van der Waals surface area contributed by atoms with E-state index in [0.717, 1.165) is 4.90 Å². The number of carbonyl (C=O) groups is 1. The van der Waals surface area contributed by atoms with Gasteiger partial charge in [0.1, 0.15) is 0 Å². The van der Waals surface area contributed by atoms with Crippen LogP contribution in [0.25, 0.3) is 0 Å². The zero-order valence-corrected chi connectivity index (χ0v) is 13.3. The number of hydrogen-bond acceptors (Lipinski definition) is 5. The number of anilines is 1. The molecule has 0 radical (unpaired) electrons. The highest BCUT2D eigenvalue weighted by molar-refractivity contribution is 7.99. The Morgan fingerprint density at radius 3 is 2.18 bits per heavy atom. The molecule has 4 N–H and O–H groups in total. The topological polar surface area (TPSA) is 118 Å². The third-order valence-corrected chi connectivity index (χ3v) is 3.29. The molecule has 8 heteroatoms. The average Bonchev–Trinajstić information content (AvgIpc) is 2.40. The van der Waals surface area contributed by atoms with Crippen molar-refractivity contribution in [3.63, 3.8) is 0 Å². The minimum absolute atomic E-state index is 0.235. The number of carboxylic acid groups (broad SMARTS) is 1. The van der Waals surface area contributed by atoms with Crippen LogP contribution in [-0.4, -0.2) is 30.3 Å². The van der Waals surface area contributed by atoms with Crippen LogP contribution in [0.15, 0.2) is 58.3 Å². The normalized spacial score (nSPS) is 10.5. The maximum absolute atomic E-state index is 11.1. The molecule has 6 nitrogen and oxygen atoms in total. The number of benzene rings is 2. The number of rotatable bonds is 3. The second kappa shape index (κ2) is 7.83. The number of hydrogen-bond donors (Lipinski definition) is 3. The van der Waals surface area contributed by atoms with E-state index in [1.54, 1.807) is 12.1 Å². The molecular formula is C14H15NO5S2. The Morgan fingerprint density at radius 1 is 1.14 bits per heavy atom. The molecule has 0 saturated carbocycles. The van der Waals surface area contributed by atoms with Gasteiger partial charge in [0.15, 0.2) is 0 Å². The fourth-order valence-corrected chi connectivity index (χ4v) is 2.36. The molecule has 22 heavy (non-hydrogen) atoms. The van der Waals surface area contributed by atoms with Gasteiger partial charge in [0.2, 0.25) is 0 Å². The smallest absolute Gasteiger partial charge is 0.336 e. The van der Waals surface area contributed by atoms with E-state index in [1.165, 1.54) is 17.8 Å². The summed E-state index contributed by atoms with van der Waals surface area (Å²) < 4.78 is 25.9. The summed E-state index contributed by atoms with van der Waals surface area (Å²) in [5, 5.41) is 9.10. The molecule has 0 saturated heterocycles. The second-order valence-electron chi connectivity index (χ2n) is 4.21. The van der Waals surface area contributed by atoms with Crippen molar-refractivity contribution in [1.82, 2.24) is 0 Å². The SMILES string of the molecule is CS(=O)(=O)O.Nc1ccc(Sc2ccccc2)c(C(=O)O)c1. The maximum Gasteiger partial charge on any atom is 0.336 e. The molecule has 0 amide bonds. The van der Waals surface area contributed by atoms with Gasteiger partial charge in [-0.1, -0.05) is 30.0 Å². The van der Waals surface area contributed by atoms with Crippen molar-refractivity contribution in [3.8, 4) is 0 Å². The Balaban J connectivity index is 0.000000422. The van der Waals surface area contributed by atoms with Gasteiger partial charge in [-0.3, -0.25) is 4.55 Å². The highest BCUT2D eigenvalue weighted by atomic mass is 32.2. The van der Waals surface area contributed by atoms with Crippen LogP contribution < -0.4 is 5.73 Å². The Hall–Kier alpha value is -2.03. The number of aromatic carboxylic acids is 1. The second-order valence-corrected chi connectivity index (χ2v) is 6.79. The van der Waals surface area contributed by atoms with Gasteiger partial charge >= 0.3 is 5.97 Å². The zero-order valence-electron chi connectivity index (χ0n) is 11.6. The zero-order chi connectivity index (χ0) is 16.8. The Kier molecular flexibility index (Phi) is 6.41. The first kappa shape index (κ1) is 18.0. The van der Waals surface area contributed by atoms with Crippen LogP contribution in [0.4, 0.5) is 5.69 Å². The van der Waals surface area contributed by atoms with E-state index < -0.39 is 16.1 Å². The lowest BCUT2D eigenvalue weighted by molar-refractivity contribution is 0.0693. The van der Waals surface area contributed by atoms with Crippen molar-refractivity contribution < 1.29 is 22.9 Å². The fraction of sp³-hybridized carbons (Fsp3) is 0.0714. The lowest BCUT2D eigenvalue weighted by atomic mass is 10.2. The Morgan fingerprint density at radius 2 is 1.68 bits per heavy atom. The predicted octanol–water partition coefficient (Wildman–Crippen LogP) is 2.62. The summed E-state index contributed by atoms with van der Waals surface area (Å²) in [5.41, 5.74) is 6.28. The van der Waals surface area contributed by atoms with Gasteiger partial charge in [0.05, 0.1) is 11.8 Å². The van der Waals surface area contributed by atoms with Gasteiger partial charge in [-0.15, -0.1) is 0 Å². The third kappa shape index (κ3) is 7.11. The van der Waals surface area contributed by atoms with Crippen LogP contribution in [-0.2, 0) is 10.1 Å². The molecule has 0 aliphatic rings. The van der Waals surface area contributed by atoms with Gasteiger partial charge in [0, 0.05) is 15.5 Å². The highest BCUT2D eigenvalue weighted by Crippen LogP contribution is 2.31. The first-order chi connectivity index (χ1) is 10.2. The lowest BCUT2D eigenvalue weighted by Gasteiger charge is -2.06. The molecular weight excluding hydrogens is 326 g/mol. The van der Waals surface area contributed by atoms with E-state index in [-0.39, 0.29) is 5.56 Å². The van der Waals surface area contributed by atoms with Crippen LogP contribution in [0.1, 0.15) is 10.4 Å². The van der Waals surface area contributed by atoms with E-state index >= 15 is 0 Å². The van der Waals surface area contributed by atoms with E-state index in [2.05, 4.69) is 0 Å². The van der Waals surface area contributed by atoms with Gasteiger partial charge < -0.3 is 10.8 Å². The number of carboxylic acids is 1. The molecule has 0 spiro atoms. The van der Waals surface area contributed by atoms with E-state index in [4.69, 9.17) is 15.4 Å². The summed E-state index contributed by atoms with van der Waals surface area (Å²) in [4.78, 5) is 12.8. The minimum atomic E-state index is -3.67. The number of nitrogens with two attached hydrogens (primary N) is 1. The Labute approximate surface area is 132 Å². The van der Waals surface area contributed by atoms with E-state index in [0.29, 0.717) is 16.8 Å². The van der Waals surface area contributed by atoms with Gasteiger partial charge in [-0.25, -0.2) is 4.79 Å². The minimum Gasteiger partial charge on any atom is -0.478 e. The molecule has 2 aromatic carbocycles. The molecule has 0 fully saturated rings. The third-order valence-electron chi connectivity index (χ3n) is 2.21. The van der Waals surface area contributed by atoms with Crippen LogP contribution >= 0.6 is 11.8 Å². The molecule has 0 bridgehead atoms. The molecule has 0 heterocycles. The summed E-state index contributed by atoms with van der Waals surface area (Å²) in [7, 11) is -3.67. The standard InChI is InChI=1S/C13H11NO2S.CH4O3S/c14-9-6-7-12(11(8-9)13(15)16)17-10-4-2-1-3-5-10;1-5(2,3)4/h1-8H,14H2,(H,15,16);1H3,(H,2,3,4). The molecule has 0 atom stereocenters. The monoisotopic (exact) mass is 341 g/mol. The summed E-state index contributed by atoms with van der Waals surface area (Å²) in [5.74, 6) is -0.962. The molecule has 0 aliphatic carbocycles. The van der Waals surface area contributed by atoms with Gasteiger partial charge in [0.25, 0.3) is 10.1 Å². The lowest BCUT2D eigenvalue weighted by Crippen LogP contribution is -2.00. The maximum atomic E-state index is 11.1. The summed E-state index contributed by atoms with van der Waals surface area (Å²) in [6, 6.07) is 14.5. The fourth-order valence-electron chi connectivity index (χ4n) is 1.42. The number of nitrogen functional groups attached to an aromatic ring is 1. The van der Waals surface area contributed by atoms with Crippen LogP contribution in [0.5, 0.6) is 0 Å². The van der Waals surface area contributed by atoms with Crippen LogP contribution in [0, 0.1) is 0 Å². The molecule has 118 valence electrons. The van der Waals surface area contributed by atoms with E-state index in [9.17, 15) is 13.2 Å². The largest absolute Gasteiger partial charge is 0.478 e. The first-order valence-corrected chi connectivity index (χ1v) is 8.61. The van der Waals surface area contributed by atoms with Crippen molar-refractivity contribution >= 4 is 33.5 Å². The van der Waals surface area contributed by atoms with Crippen molar-refractivity contribution in [1.29, 1.82) is 0 Å². The summed E-state index contributed by atoms with van der Waals surface area (Å²) >= 11 is 1.41.